The summed E-state index contributed by atoms with van der Waals surface area (Å²) in [7, 11) is 3.01. The predicted molar refractivity (Wildman–Crippen MR) is 216 cm³/mol. The number of anilines is 2. The Morgan fingerprint density at radius 3 is 1.98 bits per heavy atom. The minimum atomic E-state index is -0.372. The van der Waals surface area contributed by atoms with E-state index in [-0.39, 0.29) is 12.5 Å². The van der Waals surface area contributed by atoms with E-state index >= 15 is 0 Å². The lowest BCUT2D eigenvalue weighted by Crippen LogP contribution is -2.46. The van der Waals surface area contributed by atoms with Gasteiger partial charge in [-0.15, -0.1) is 0 Å². The number of aliphatic hydroxyl groups is 1. The number of aliphatic hydroxyl groups excluding tert-OH is 1. The average molecular weight is 790 g/mol. The maximum absolute atomic E-state index is 13.4. The Kier molecular flexibility index (Phi) is 14.0. The van der Waals surface area contributed by atoms with Gasteiger partial charge < -0.3 is 30.9 Å². The van der Waals surface area contributed by atoms with Crippen molar-refractivity contribution in [3.05, 3.63) is 94.0 Å². The quantitative estimate of drug-likeness (QED) is 0.149. The van der Waals surface area contributed by atoms with E-state index in [1.807, 2.05) is 24.4 Å². The van der Waals surface area contributed by atoms with Crippen LogP contribution in [-0.4, -0.2) is 125 Å². The van der Waals surface area contributed by atoms with Gasteiger partial charge in [-0.3, -0.25) is 29.5 Å². The van der Waals surface area contributed by atoms with Crippen LogP contribution in [0.5, 0.6) is 11.5 Å². The van der Waals surface area contributed by atoms with Crippen molar-refractivity contribution in [3.63, 3.8) is 0 Å². The Labute approximate surface area is 330 Å². The highest BCUT2D eigenvalue weighted by atomic mass is 35.5. The molecule has 16 heteroatoms. The molecule has 3 aromatic heterocycles. The van der Waals surface area contributed by atoms with Gasteiger partial charge in [0.25, 0.3) is 5.91 Å². The molecular weight excluding hydrogens is 743 g/mol. The number of carbonyl (C=O) groups excluding carboxylic acids is 1. The van der Waals surface area contributed by atoms with E-state index in [0.29, 0.717) is 67.4 Å². The molecule has 55 heavy (non-hydrogen) atoms. The topological polar surface area (TPSA) is 167 Å². The lowest BCUT2D eigenvalue weighted by Gasteiger charge is -2.34. The van der Waals surface area contributed by atoms with Gasteiger partial charge in [-0.25, -0.2) is 9.97 Å². The first kappa shape index (κ1) is 40.0. The van der Waals surface area contributed by atoms with Crippen molar-refractivity contribution in [3.8, 4) is 22.6 Å². The van der Waals surface area contributed by atoms with Crippen molar-refractivity contribution >= 4 is 51.8 Å². The number of carbonyl (C=O) groups is 1. The van der Waals surface area contributed by atoms with Crippen molar-refractivity contribution < 1.29 is 19.4 Å². The van der Waals surface area contributed by atoms with E-state index in [1.165, 1.54) is 26.0 Å². The molecule has 1 amide bonds. The molecular formula is C39H46Cl2N10O4. The molecule has 2 fully saturated rings. The molecule has 0 atom stereocenters. The third kappa shape index (κ3) is 10.2. The van der Waals surface area contributed by atoms with Crippen LogP contribution in [0.15, 0.2) is 67.3 Å². The van der Waals surface area contributed by atoms with Crippen LogP contribution in [0.25, 0.3) is 22.2 Å². The van der Waals surface area contributed by atoms with Gasteiger partial charge in [0.1, 0.15) is 28.7 Å². The molecule has 0 spiro atoms. The molecule has 5 heterocycles. The third-order valence-corrected chi connectivity index (χ3v) is 10.3. The van der Waals surface area contributed by atoms with Gasteiger partial charge in [-0.2, -0.15) is 0 Å². The highest BCUT2D eigenvalue weighted by Gasteiger charge is 2.24. The lowest BCUT2D eigenvalue weighted by molar-refractivity contribution is 0.102. The Balaban J connectivity index is 0.000000307. The number of pyridine rings is 2. The summed E-state index contributed by atoms with van der Waals surface area (Å²) in [5.74, 6) is 1.42. The monoisotopic (exact) mass is 788 g/mol. The zero-order valence-electron chi connectivity index (χ0n) is 31.0. The van der Waals surface area contributed by atoms with Crippen LogP contribution < -0.4 is 25.8 Å². The SMILES string of the molecule is COc1cc(OC)c(Cl)c(-c2ccc(C(=O)Nc3ccc(CN4CCN(CCO)CC4)cn3)c3nccnc23)c1Cl.Nc1ccc(CN2CCNCC2)cn1. The first-order valence-corrected chi connectivity index (χ1v) is 18.8. The lowest BCUT2D eigenvalue weighted by atomic mass is 9.99. The van der Waals surface area contributed by atoms with Crippen LogP contribution in [0.2, 0.25) is 10.0 Å². The summed E-state index contributed by atoms with van der Waals surface area (Å²) in [6, 6.07) is 12.7. The van der Waals surface area contributed by atoms with Gasteiger partial charge in [-0.1, -0.05) is 41.4 Å². The molecule has 2 aliphatic rings. The normalized spacial score (nSPS) is 15.3. The molecule has 0 bridgehead atoms. The Hall–Kier alpha value is -4.67. The summed E-state index contributed by atoms with van der Waals surface area (Å²) in [6.45, 7) is 10.8. The molecule has 2 aromatic carbocycles. The number of hydrogen-bond acceptors (Lipinski definition) is 13. The number of methoxy groups -OCH3 is 2. The van der Waals surface area contributed by atoms with Gasteiger partial charge in [0.15, 0.2) is 0 Å². The fourth-order valence-corrected chi connectivity index (χ4v) is 7.27. The van der Waals surface area contributed by atoms with E-state index in [0.717, 1.165) is 71.0 Å². The maximum Gasteiger partial charge on any atom is 0.259 e. The molecule has 2 saturated heterocycles. The number of amides is 1. The number of piperazine rings is 2. The second-order valence-electron chi connectivity index (χ2n) is 13.2. The number of halogens is 2. The van der Waals surface area contributed by atoms with Crippen LogP contribution >= 0.6 is 23.2 Å². The number of fused-ring (bicyclic) bond motifs is 1. The molecule has 0 saturated carbocycles. The Morgan fingerprint density at radius 2 is 1.40 bits per heavy atom. The highest BCUT2D eigenvalue weighted by molar-refractivity contribution is 6.41. The van der Waals surface area contributed by atoms with Crippen LogP contribution in [0, 0.1) is 0 Å². The summed E-state index contributed by atoms with van der Waals surface area (Å²) in [4.78, 5) is 37.9. The first-order valence-electron chi connectivity index (χ1n) is 18.1. The van der Waals surface area contributed by atoms with Crippen LogP contribution in [0.1, 0.15) is 21.5 Å². The number of nitrogens with two attached hydrogens (primary N) is 1. The maximum atomic E-state index is 13.4. The van der Waals surface area contributed by atoms with Crippen molar-refractivity contribution in [1.29, 1.82) is 0 Å². The van der Waals surface area contributed by atoms with Crippen LogP contribution in [0.3, 0.4) is 0 Å². The second-order valence-corrected chi connectivity index (χ2v) is 13.9. The second kappa shape index (κ2) is 19.3. The largest absolute Gasteiger partial charge is 0.495 e. The molecule has 0 unspecified atom stereocenters. The number of hydrogen-bond donors (Lipinski definition) is 4. The van der Waals surface area contributed by atoms with E-state index in [9.17, 15) is 4.79 Å². The Bertz CT molecular complexity index is 2010. The van der Waals surface area contributed by atoms with E-state index in [2.05, 4.69) is 45.3 Å². The number of benzene rings is 2. The Morgan fingerprint density at radius 1 is 0.800 bits per heavy atom. The number of β-amino-alcohol motifs (C(OH)–C–C–N with tert-alkyl or cyclic N) is 1. The van der Waals surface area contributed by atoms with Gasteiger partial charge >= 0.3 is 0 Å². The first-order chi connectivity index (χ1) is 26.8. The number of nitrogen functional groups attached to an aromatic ring is 1. The third-order valence-electron chi connectivity index (χ3n) is 9.53. The fourth-order valence-electron chi connectivity index (χ4n) is 6.57. The minimum Gasteiger partial charge on any atom is -0.495 e. The fraction of sp³-hybridized carbons (Fsp3) is 0.359. The van der Waals surface area contributed by atoms with Gasteiger partial charge in [0.2, 0.25) is 0 Å². The van der Waals surface area contributed by atoms with Crippen LogP contribution in [0.4, 0.5) is 11.6 Å². The summed E-state index contributed by atoms with van der Waals surface area (Å²) in [5, 5.41) is 15.9. The molecule has 0 radical (unpaired) electrons. The highest BCUT2D eigenvalue weighted by Crippen LogP contribution is 2.47. The molecule has 5 aromatic rings. The molecule has 14 nitrogen and oxygen atoms in total. The number of aromatic nitrogens is 4. The van der Waals surface area contributed by atoms with E-state index in [4.69, 9.17) is 43.5 Å². The molecule has 5 N–H and O–H groups in total. The number of nitrogens with zero attached hydrogens (tertiary/aromatic N) is 7. The summed E-state index contributed by atoms with van der Waals surface area (Å²) in [6.07, 6.45) is 6.70. The molecule has 290 valence electrons. The molecule has 2 aliphatic heterocycles. The zero-order valence-corrected chi connectivity index (χ0v) is 32.5. The molecule has 0 aliphatic carbocycles. The number of ether oxygens (including phenoxy) is 2. The van der Waals surface area contributed by atoms with Crippen molar-refractivity contribution in [2.24, 2.45) is 0 Å². The average Bonchev–Trinajstić information content (AvgIpc) is 3.21. The van der Waals surface area contributed by atoms with Crippen molar-refractivity contribution in [1.82, 2.24) is 40.0 Å². The minimum absolute atomic E-state index is 0.184. The smallest absolute Gasteiger partial charge is 0.259 e. The van der Waals surface area contributed by atoms with Crippen molar-refractivity contribution in [2.75, 3.05) is 90.8 Å². The summed E-state index contributed by atoms with van der Waals surface area (Å²) >= 11 is 13.3. The van der Waals surface area contributed by atoms with Gasteiger partial charge in [-0.05, 0) is 29.3 Å². The van der Waals surface area contributed by atoms with Crippen LogP contribution in [-0.2, 0) is 13.1 Å². The number of rotatable bonds is 11. The number of nitrogens with one attached hydrogen (secondary N) is 2. The van der Waals surface area contributed by atoms with E-state index < -0.39 is 0 Å². The van der Waals surface area contributed by atoms with Crippen molar-refractivity contribution in [2.45, 2.75) is 13.1 Å². The van der Waals surface area contributed by atoms with Gasteiger partial charge in [0, 0.05) is 114 Å². The standard InChI is InChI=1S/C29H30Cl2N6O4.C10H16N4/c1-40-21-15-22(41-2)26(31)24(25(21)30)19-4-5-20(28-27(19)32-7-8-33-28)29(39)35-23-6-3-18(16-34-23)17-37-11-9-36(10-12-37)13-14-38;11-10-2-1-9(7-13-10)8-14-5-3-12-4-6-14/h3-8,15-16,38H,9-14,17H2,1-2H3,(H,34,35,39);1-2,7,12H,3-6,8H2,(H2,11,13). The van der Waals surface area contributed by atoms with E-state index in [1.54, 1.807) is 36.7 Å². The van der Waals surface area contributed by atoms with Gasteiger partial charge in [0.05, 0.1) is 42.0 Å². The zero-order chi connectivity index (χ0) is 38.7. The summed E-state index contributed by atoms with van der Waals surface area (Å²) < 4.78 is 10.8. The molecule has 7 rings (SSSR count). The predicted octanol–water partition coefficient (Wildman–Crippen LogP) is 4.45. The summed E-state index contributed by atoms with van der Waals surface area (Å²) in [5.41, 5.74) is 10.0.